The quantitative estimate of drug-likeness (QED) is 0.550. The van der Waals surface area contributed by atoms with Gasteiger partial charge in [-0.3, -0.25) is 4.79 Å². The first-order chi connectivity index (χ1) is 12.7. The summed E-state index contributed by atoms with van der Waals surface area (Å²) in [4.78, 5) is 16.5. The first-order valence-electron chi connectivity index (χ1n) is 8.06. The summed E-state index contributed by atoms with van der Waals surface area (Å²) in [5.74, 6) is 1.86. The molecule has 0 radical (unpaired) electrons. The van der Waals surface area contributed by atoms with E-state index in [2.05, 4.69) is 10.3 Å². The maximum absolute atomic E-state index is 12.3. The number of halogens is 1. The topological polar surface area (TPSA) is 69.7 Å². The number of benzene rings is 2. The lowest BCUT2D eigenvalue weighted by Crippen LogP contribution is -2.28. The summed E-state index contributed by atoms with van der Waals surface area (Å²) in [7, 11) is 0. The van der Waals surface area contributed by atoms with E-state index in [-0.39, 0.29) is 12.7 Å². The molecule has 132 valence electrons. The van der Waals surface area contributed by atoms with E-state index in [9.17, 15) is 4.79 Å². The molecule has 0 saturated heterocycles. The van der Waals surface area contributed by atoms with E-state index < -0.39 is 0 Å². The van der Waals surface area contributed by atoms with Crippen molar-refractivity contribution in [3.05, 3.63) is 59.2 Å². The number of nitrogens with one attached hydrogen (secondary N) is 1. The second kappa shape index (κ2) is 7.09. The highest BCUT2D eigenvalue weighted by Crippen LogP contribution is 2.34. The summed E-state index contributed by atoms with van der Waals surface area (Å²) < 4.78 is 16.2. The molecule has 0 atom stereocenters. The van der Waals surface area contributed by atoms with E-state index in [4.69, 9.17) is 25.8 Å². The maximum atomic E-state index is 12.3. The lowest BCUT2D eigenvalue weighted by molar-refractivity contribution is 0.0947. The smallest absolute Gasteiger partial charge is 0.251 e. The van der Waals surface area contributed by atoms with Gasteiger partial charge in [-0.25, -0.2) is 4.98 Å². The molecule has 1 N–H and O–H groups in total. The molecule has 7 heteroatoms. The molecule has 3 aromatic rings. The van der Waals surface area contributed by atoms with Crippen molar-refractivity contribution in [3.8, 4) is 17.2 Å². The van der Waals surface area contributed by atoms with Crippen molar-refractivity contribution >= 4 is 28.4 Å². The fourth-order valence-corrected chi connectivity index (χ4v) is 2.80. The molecule has 0 saturated carbocycles. The molecule has 1 aliphatic rings. The minimum absolute atomic E-state index is 0.170. The summed E-state index contributed by atoms with van der Waals surface area (Å²) >= 11 is 5.87. The van der Waals surface area contributed by atoms with Gasteiger partial charge in [0.05, 0.1) is 12.1 Å². The van der Waals surface area contributed by atoms with Crippen LogP contribution >= 0.6 is 11.6 Å². The molecule has 1 amide bonds. The van der Waals surface area contributed by atoms with Gasteiger partial charge < -0.3 is 19.5 Å². The molecule has 6 nitrogen and oxygen atoms in total. The summed E-state index contributed by atoms with van der Waals surface area (Å²) in [6.07, 6.45) is 0. The van der Waals surface area contributed by atoms with E-state index in [1.165, 1.54) is 0 Å². The molecule has 4 rings (SSSR count). The van der Waals surface area contributed by atoms with Crippen LogP contribution in [0.3, 0.4) is 0 Å². The van der Waals surface area contributed by atoms with Gasteiger partial charge in [0, 0.05) is 17.0 Å². The van der Waals surface area contributed by atoms with Crippen LogP contribution < -0.4 is 19.5 Å². The van der Waals surface area contributed by atoms with Gasteiger partial charge in [0.15, 0.2) is 11.5 Å². The van der Waals surface area contributed by atoms with Crippen molar-refractivity contribution in [3.63, 3.8) is 0 Å². The summed E-state index contributed by atoms with van der Waals surface area (Å²) in [5, 5.41) is 4.12. The Morgan fingerprint density at radius 2 is 2.00 bits per heavy atom. The van der Waals surface area contributed by atoms with Gasteiger partial charge in [0.25, 0.3) is 5.91 Å². The van der Waals surface area contributed by atoms with Gasteiger partial charge in [-0.1, -0.05) is 11.6 Å². The number of ether oxygens (including phenoxy) is 3. The van der Waals surface area contributed by atoms with E-state index >= 15 is 0 Å². The first-order valence-corrected chi connectivity index (χ1v) is 8.44. The first kappa shape index (κ1) is 16.5. The monoisotopic (exact) mass is 370 g/mol. The fourth-order valence-electron chi connectivity index (χ4n) is 2.64. The molecule has 2 heterocycles. The Kier molecular flexibility index (Phi) is 4.50. The van der Waals surface area contributed by atoms with Crippen molar-refractivity contribution in [2.45, 2.75) is 0 Å². The van der Waals surface area contributed by atoms with Crippen LogP contribution in [0.5, 0.6) is 17.2 Å². The average Bonchev–Trinajstić information content (AvgIpc) is 3.12. The fraction of sp³-hybridized carbons (Fsp3) is 0.158. The van der Waals surface area contributed by atoms with Crippen molar-refractivity contribution in [2.24, 2.45) is 0 Å². The third kappa shape index (κ3) is 3.50. The standard InChI is InChI=1S/C19H15ClN2O4/c20-18-6-2-12-9-13(1-4-15(12)22-18)19(23)21-7-8-24-14-3-5-16-17(10-14)26-11-25-16/h1-6,9-10H,7-8,11H2,(H,21,23). The lowest BCUT2D eigenvalue weighted by Gasteiger charge is -2.09. The molecular formula is C19H15ClN2O4. The Hall–Kier alpha value is -2.99. The molecule has 1 aromatic heterocycles. The molecule has 0 spiro atoms. The zero-order chi connectivity index (χ0) is 17.9. The highest BCUT2D eigenvalue weighted by molar-refractivity contribution is 6.29. The number of carbonyl (C=O) groups is 1. The van der Waals surface area contributed by atoms with Gasteiger partial charge in [-0.05, 0) is 42.5 Å². The van der Waals surface area contributed by atoms with E-state index in [0.29, 0.717) is 41.1 Å². The number of carbonyl (C=O) groups excluding carboxylic acids is 1. The van der Waals surface area contributed by atoms with Crippen molar-refractivity contribution in [2.75, 3.05) is 19.9 Å². The number of hydrogen-bond donors (Lipinski definition) is 1. The molecule has 0 unspecified atom stereocenters. The molecule has 2 aromatic carbocycles. The van der Waals surface area contributed by atoms with Crippen LogP contribution in [-0.2, 0) is 0 Å². The number of nitrogens with zero attached hydrogens (tertiary/aromatic N) is 1. The van der Waals surface area contributed by atoms with Gasteiger partial charge in [0.1, 0.15) is 17.5 Å². The summed E-state index contributed by atoms with van der Waals surface area (Å²) in [5.41, 5.74) is 1.31. The van der Waals surface area contributed by atoms with Crippen molar-refractivity contribution in [1.82, 2.24) is 10.3 Å². The number of aromatic nitrogens is 1. The molecule has 0 aliphatic carbocycles. The maximum Gasteiger partial charge on any atom is 0.251 e. The van der Waals surface area contributed by atoms with Crippen LogP contribution in [0.1, 0.15) is 10.4 Å². The zero-order valence-corrected chi connectivity index (χ0v) is 14.5. The Labute approximate surface area is 154 Å². The van der Waals surface area contributed by atoms with Crippen molar-refractivity contribution in [1.29, 1.82) is 0 Å². The molecule has 0 fully saturated rings. The molecule has 0 bridgehead atoms. The Morgan fingerprint density at radius 3 is 2.92 bits per heavy atom. The van der Waals surface area contributed by atoms with Crippen LogP contribution in [0, 0.1) is 0 Å². The second-order valence-electron chi connectivity index (χ2n) is 5.66. The molecular weight excluding hydrogens is 356 g/mol. The Morgan fingerprint density at radius 1 is 1.12 bits per heavy atom. The average molecular weight is 371 g/mol. The Bertz CT molecular complexity index is 977. The summed E-state index contributed by atoms with van der Waals surface area (Å²) in [6.45, 7) is 0.947. The number of fused-ring (bicyclic) bond motifs is 2. The number of rotatable bonds is 5. The predicted octanol–water partition coefficient (Wildman–Crippen LogP) is 3.43. The second-order valence-corrected chi connectivity index (χ2v) is 6.05. The largest absolute Gasteiger partial charge is 0.492 e. The van der Waals surface area contributed by atoms with Crippen molar-refractivity contribution < 1.29 is 19.0 Å². The minimum Gasteiger partial charge on any atom is -0.492 e. The van der Waals surface area contributed by atoms with Crippen LogP contribution in [0.15, 0.2) is 48.5 Å². The SMILES string of the molecule is O=C(NCCOc1ccc2c(c1)OCO2)c1ccc2nc(Cl)ccc2c1. The van der Waals surface area contributed by atoms with Crippen LogP contribution in [0.4, 0.5) is 0 Å². The van der Waals surface area contributed by atoms with E-state index in [1.807, 2.05) is 6.07 Å². The van der Waals surface area contributed by atoms with Gasteiger partial charge in [-0.2, -0.15) is 0 Å². The van der Waals surface area contributed by atoms with E-state index in [0.717, 1.165) is 10.9 Å². The number of amides is 1. The minimum atomic E-state index is -0.170. The molecule has 26 heavy (non-hydrogen) atoms. The summed E-state index contributed by atoms with van der Waals surface area (Å²) in [6, 6.07) is 14.2. The van der Waals surface area contributed by atoms with Gasteiger partial charge >= 0.3 is 0 Å². The lowest BCUT2D eigenvalue weighted by atomic mass is 10.1. The highest BCUT2D eigenvalue weighted by Gasteiger charge is 2.13. The highest BCUT2D eigenvalue weighted by atomic mass is 35.5. The van der Waals surface area contributed by atoms with E-state index in [1.54, 1.807) is 42.5 Å². The third-order valence-electron chi connectivity index (χ3n) is 3.92. The number of hydrogen-bond acceptors (Lipinski definition) is 5. The normalized spacial score (nSPS) is 12.2. The van der Waals surface area contributed by atoms with Crippen LogP contribution in [0.2, 0.25) is 5.15 Å². The van der Waals surface area contributed by atoms with Crippen LogP contribution in [0.25, 0.3) is 10.9 Å². The molecule has 1 aliphatic heterocycles. The predicted molar refractivity (Wildman–Crippen MR) is 97.1 cm³/mol. The third-order valence-corrected chi connectivity index (χ3v) is 4.13. The van der Waals surface area contributed by atoms with Gasteiger partial charge in [0.2, 0.25) is 6.79 Å². The zero-order valence-electron chi connectivity index (χ0n) is 13.7. The Balaban J connectivity index is 1.32. The van der Waals surface area contributed by atoms with Crippen LogP contribution in [-0.4, -0.2) is 30.8 Å². The number of pyridine rings is 1. The van der Waals surface area contributed by atoms with Gasteiger partial charge in [-0.15, -0.1) is 0 Å².